The molecular formula is C11H9NOS. The zero-order valence-electron chi connectivity index (χ0n) is 7.73. The van der Waals surface area contributed by atoms with Gasteiger partial charge in [0.25, 0.3) is 0 Å². The number of rotatable bonds is 2. The number of nitrogens with zero attached hydrogens (tertiary/aromatic N) is 1. The number of aldehydes is 1. The Bertz CT molecular complexity index is 499. The Hall–Kier alpha value is -1.48. The van der Waals surface area contributed by atoms with E-state index in [0.717, 1.165) is 27.1 Å². The van der Waals surface area contributed by atoms with Crippen LogP contribution in [0.4, 0.5) is 0 Å². The summed E-state index contributed by atoms with van der Waals surface area (Å²) in [7, 11) is 0. The molecule has 0 bridgehead atoms. The van der Waals surface area contributed by atoms with E-state index in [1.54, 1.807) is 11.3 Å². The molecular weight excluding hydrogens is 194 g/mol. The van der Waals surface area contributed by atoms with Gasteiger partial charge in [0, 0.05) is 0 Å². The molecule has 1 aromatic heterocycles. The highest BCUT2D eigenvalue weighted by Crippen LogP contribution is 2.25. The lowest BCUT2D eigenvalue weighted by atomic mass is 10.2. The molecule has 1 heterocycles. The van der Waals surface area contributed by atoms with Crippen LogP contribution in [0.3, 0.4) is 0 Å². The summed E-state index contributed by atoms with van der Waals surface area (Å²) in [4.78, 5) is 14.6. The fourth-order valence-electron chi connectivity index (χ4n) is 1.36. The van der Waals surface area contributed by atoms with Crippen LogP contribution in [-0.2, 0) is 4.79 Å². The van der Waals surface area contributed by atoms with Gasteiger partial charge < -0.3 is 0 Å². The molecule has 2 nitrogen and oxygen atoms in total. The van der Waals surface area contributed by atoms with Gasteiger partial charge in [0.2, 0.25) is 0 Å². The summed E-state index contributed by atoms with van der Waals surface area (Å²) in [5.74, 6) is 0. The third kappa shape index (κ3) is 1.59. The molecule has 0 saturated heterocycles. The molecule has 3 heteroatoms. The number of aromatic nitrogens is 1. The first-order chi connectivity index (χ1) is 6.81. The second-order valence-electron chi connectivity index (χ2n) is 2.92. The molecule has 0 aliphatic rings. The number of carbonyl (C=O) groups is 1. The average molecular weight is 203 g/mol. The van der Waals surface area contributed by atoms with Crippen molar-refractivity contribution in [3.63, 3.8) is 0 Å². The zero-order chi connectivity index (χ0) is 9.97. The maximum atomic E-state index is 10.2. The highest BCUT2D eigenvalue weighted by Gasteiger charge is 2.02. The van der Waals surface area contributed by atoms with Crippen LogP contribution >= 0.6 is 11.3 Å². The molecule has 0 fully saturated rings. The second-order valence-corrected chi connectivity index (χ2v) is 4.13. The zero-order valence-corrected chi connectivity index (χ0v) is 8.54. The van der Waals surface area contributed by atoms with Crippen molar-refractivity contribution in [1.82, 2.24) is 4.98 Å². The largest absolute Gasteiger partial charge is 0.299 e. The summed E-state index contributed by atoms with van der Waals surface area (Å²) in [6.45, 7) is 1.98. The second kappa shape index (κ2) is 3.72. The Morgan fingerprint density at radius 2 is 2.29 bits per heavy atom. The van der Waals surface area contributed by atoms with Crippen LogP contribution in [0.25, 0.3) is 16.3 Å². The van der Waals surface area contributed by atoms with Crippen molar-refractivity contribution in [2.45, 2.75) is 6.92 Å². The number of fused-ring (bicyclic) bond motifs is 1. The van der Waals surface area contributed by atoms with Gasteiger partial charge in [0.1, 0.15) is 6.29 Å². The molecule has 14 heavy (non-hydrogen) atoms. The molecule has 2 aromatic rings. The average Bonchev–Trinajstić information content (AvgIpc) is 2.55. The van der Waals surface area contributed by atoms with E-state index in [1.807, 2.05) is 31.2 Å². The molecule has 0 aliphatic heterocycles. The third-order valence-electron chi connectivity index (χ3n) is 1.91. The van der Waals surface area contributed by atoms with Crippen molar-refractivity contribution in [3.8, 4) is 0 Å². The first-order valence-corrected chi connectivity index (χ1v) is 5.11. The van der Waals surface area contributed by atoms with E-state index in [9.17, 15) is 4.79 Å². The van der Waals surface area contributed by atoms with Crippen molar-refractivity contribution in [2.24, 2.45) is 0 Å². The topological polar surface area (TPSA) is 30.0 Å². The van der Waals surface area contributed by atoms with E-state index in [2.05, 4.69) is 4.98 Å². The van der Waals surface area contributed by atoms with Crippen molar-refractivity contribution < 1.29 is 4.79 Å². The summed E-state index contributed by atoms with van der Waals surface area (Å²) in [6.07, 6.45) is 4.10. The van der Waals surface area contributed by atoms with Gasteiger partial charge in [0.05, 0.1) is 15.2 Å². The van der Waals surface area contributed by atoms with Gasteiger partial charge in [-0.15, -0.1) is 11.3 Å². The number of hydrogen-bond acceptors (Lipinski definition) is 3. The first kappa shape index (κ1) is 9.09. The smallest absolute Gasteiger partial charge is 0.142 e. The number of hydrogen-bond donors (Lipinski definition) is 0. The highest BCUT2D eigenvalue weighted by molar-refractivity contribution is 7.18. The maximum absolute atomic E-state index is 10.2. The van der Waals surface area contributed by atoms with Crippen molar-refractivity contribution in [2.75, 3.05) is 0 Å². The van der Waals surface area contributed by atoms with Crippen LogP contribution in [0.15, 0.2) is 24.3 Å². The Balaban J connectivity index is 2.63. The lowest BCUT2D eigenvalue weighted by molar-refractivity contribution is -0.104. The van der Waals surface area contributed by atoms with E-state index >= 15 is 0 Å². The highest BCUT2D eigenvalue weighted by atomic mass is 32.1. The monoisotopic (exact) mass is 203 g/mol. The molecule has 0 amide bonds. The molecule has 0 spiro atoms. The SMILES string of the molecule is Cc1nc2cccc(/C=C/C=O)c2s1. The number of allylic oxidation sites excluding steroid dienone is 1. The standard InChI is InChI=1S/C11H9NOS/c1-8-12-10-6-2-4-9(5-3-7-13)11(10)14-8/h2-7H,1H3/b5-3+. The molecule has 0 saturated carbocycles. The molecule has 70 valence electrons. The number of thiazole rings is 1. The van der Waals surface area contributed by atoms with Gasteiger partial charge in [-0.05, 0) is 24.6 Å². The fourth-order valence-corrected chi connectivity index (χ4v) is 2.27. The maximum Gasteiger partial charge on any atom is 0.142 e. The Kier molecular flexibility index (Phi) is 2.41. The minimum atomic E-state index is 0.784. The lowest BCUT2D eigenvalue weighted by Gasteiger charge is -1.92. The Morgan fingerprint density at radius 3 is 3.07 bits per heavy atom. The van der Waals surface area contributed by atoms with Crippen LogP contribution in [0.5, 0.6) is 0 Å². The molecule has 0 atom stereocenters. The Labute approximate surface area is 85.9 Å². The fraction of sp³-hybridized carbons (Fsp3) is 0.0909. The van der Waals surface area contributed by atoms with E-state index in [4.69, 9.17) is 0 Å². The van der Waals surface area contributed by atoms with E-state index in [-0.39, 0.29) is 0 Å². The normalized spacial score (nSPS) is 11.2. The third-order valence-corrected chi connectivity index (χ3v) is 2.94. The van der Waals surface area contributed by atoms with Gasteiger partial charge in [-0.25, -0.2) is 4.98 Å². The molecule has 0 unspecified atom stereocenters. The number of aryl methyl sites for hydroxylation is 1. The summed E-state index contributed by atoms with van der Waals surface area (Å²) in [6, 6.07) is 5.92. The Morgan fingerprint density at radius 1 is 1.43 bits per heavy atom. The van der Waals surface area contributed by atoms with Crippen molar-refractivity contribution in [3.05, 3.63) is 34.8 Å². The molecule has 0 radical (unpaired) electrons. The minimum absolute atomic E-state index is 0.784. The summed E-state index contributed by atoms with van der Waals surface area (Å²) in [5, 5.41) is 1.05. The summed E-state index contributed by atoms with van der Waals surface area (Å²) >= 11 is 1.65. The molecule has 1 aromatic carbocycles. The first-order valence-electron chi connectivity index (χ1n) is 4.29. The predicted octanol–water partition coefficient (Wildman–Crippen LogP) is 2.82. The number of benzene rings is 1. The lowest BCUT2D eigenvalue weighted by Crippen LogP contribution is -1.73. The van der Waals surface area contributed by atoms with Crippen LogP contribution in [0.1, 0.15) is 10.6 Å². The van der Waals surface area contributed by atoms with Gasteiger partial charge in [0.15, 0.2) is 0 Å². The van der Waals surface area contributed by atoms with Gasteiger partial charge in [-0.1, -0.05) is 18.2 Å². The van der Waals surface area contributed by atoms with Crippen LogP contribution in [0.2, 0.25) is 0 Å². The van der Waals surface area contributed by atoms with Crippen molar-refractivity contribution in [1.29, 1.82) is 0 Å². The van der Waals surface area contributed by atoms with Gasteiger partial charge >= 0.3 is 0 Å². The van der Waals surface area contributed by atoms with Crippen molar-refractivity contribution >= 4 is 33.9 Å². The van der Waals surface area contributed by atoms with E-state index < -0.39 is 0 Å². The van der Waals surface area contributed by atoms with Gasteiger partial charge in [-0.2, -0.15) is 0 Å². The minimum Gasteiger partial charge on any atom is -0.299 e. The molecule has 0 N–H and O–H groups in total. The van der Waals surface area contributed by atoms with E-state index in [0.29, 0.717) is 0 Å². The summed E-state index contributed by atoms with van der Waals surface area (Å²) in [5.41, 5.74) is 2.06. The molecule has 0 aliphatic carbocycles. The molecule has 2 rings (SSSR count). The number of carbonyl (C=O) groups excluding carboxylic acids is 1. The van der Waals surface area contributed by atoms with Crippen LogP contribution in [-0.4, -0.2) is 11.3 Å². The van der Waals surface area contributed by atoms with Gasteiger partial charge in [-0.3, -0.25) is 4.79 Å². The van der Waals surface area contributed by atoms with E-state index in [1.165, 1.54) is 6.08 Å². The predicted molar refractivity (Wildman–Crippen MR) is 59.5 cm³/mol. The van der Waals surface area contributed by atoms with Crippen LogP contribution in [0, 0.1) is 6.92 Å². The summed E-state index contributed by atoms with van der Waals surface area (Å²) < 4.78 is 1.14. The van der Waals surface area contributed by atoms with Crippen LogP contribution < -0.4 is 0 Å². The quantitative estimate of drug-likeness (QED) is 0.555.